The van der Waals surface area contributed by atoms with Crippen molar-refractivity contribution in [3.63, 3.8) is 0 Å². The van der Waals surface area contributed by atoms with Crippen LogP contribution in [0.3, 0.4) is 0 Å². The van der Waals surface area contributed by atoms with Gasteiger partial charge in [-0.1, -0.05) is 54.8 Å². The van der Waals surface area contributed by atoms with Crippen LogP contribution in [-0.4, -0.2) is 64.9 Å². The van der Waals surface area contributed by atoms with Crippen LogP contribution in [0.15, 0.2) is 71.8 Å². The number of ether oxygens (including phenoxy) is 5. The Morgan fingerprint density at radius 3 is 2.36 bits per heavy atom. The summed E-state index contributed by atoms with van der Waals surface area (Å²) in [5, 5.41) is 11.6. The number of rotatable bonds is 9. The van der Waals surface area contributed by atoms with Crippen LogP contribution in [0.2, 0.25) is 10.0 Å². The van der Waals surface area contributed by atoms with Crippen molar-refractivity contribution in [3.05, 3.63) is 93.0 Å². The summed E-state index contributed by atoms with van der Waals surface area (Å²) in [5.74, 6) is -1.76. The lowest BCUT2D eigenvalue weighted by Crippen LogP contribution is -2.71. The second-order valence-corrected chi connectivity index (χ2v) is 17.5. The zero-order valence-electron chi connectivity index (χ0n) is 31.3. The van der Waals surface area contributed by atoms with Crippen LogP contribution in [0.1, 0.15) is 88.4 Å². The molecule has 2 aromatic rings. The Balaban J connectivity index is 0.998. The molecule has 12 heteroatoms. The van der Waals surface area contributed by atoms with Crippen molar-refractivity contribution in [2.24, 2.45) is 35.0 Å². The van der Waals surface area contributed by atoms with Gasteiger partial charge in [0, 0.05) is 34.9 Å². The topological polar surface area (TPSA) is 138 Å². The van der Waals surface area contributed by atoms with Crippen molar-refractivity contribution in [3.8, 4) is 0 Å². The minimum Gasteiger partial charge on any atom is -0.458 e. The first-order valence-corrected chi connectivity index (χ1v) is 20.0. The fourth-order valence-electron chi connectivity index (χ4n) is 11.4. The highest BCUT2D eigenvalue weighted by Crippen LogP contribution is 2.71. The van der Waals surface area contributed by atoms with E-state index in [0.29, 0.717) is 46.0 Å². The van der Waals surface area contributed by atoms with Crippen LogP contribution in [0.5, 0.6) is 0 Å². The molecular formula is C43H46Cl2O10. The summed E-state index contributed by atoms with van der Waals surface area (Å²) in [5.41, 5.74) is -0.918. The van der Waals surface area contributed by atoms with Gasteiger partial charge in [0.05, 0.1) is 23.8 Å². The fourth-order valence-corrected chi connectivity index (χ4v) is 11.6. The van der Waals surface area contributed by atoms with Crippen molar-refractivity contribution in [1.29, 1.82) is 0 Å². The van der Waals surface area contributed by atoms with Gasteiger partial charge in [-0.2, -0.15) is 0 Å². The zero-order valence-corrected chi connectivity index (χ0v) is 32.8. The van der Waals surface area contributed by atoms with Crippen molar-refractivity contribution in [2.45, 2.75) is 102 Å². The predicted octanol–water partition coefficient (Wildman–Crippen LogP) is 7.54. The van der Waals surface area contributed by atoms with Crippen LogP contribution in [0, 0.1) is 35.0 Å². The molecule has 2 aromatic carbocycles. The Morgan fingerprint density at radius 2 is 1.69 bits per heavy atom. The number of carbonyl (C=O) groups excluding carboxylic acids is 4. The molecule has 12 unspecified atom stereocenters. The number of fused-ring (bicyclic) bond motifs is 4. The van der Waals surface area contributed by atoms with E-state index in [2.05, 4.69) is 13.8 Å². The molecule has 1 spiro atoms. The van der Waals surface area contributed by atoms with Gasteiger partial charge >= 0.3 is 17.9 Å². The van der Waals surface area contributed by atoms with Crippen LogP contribution in [0.4, 0.5) is 0 Å². The van der Waals surface area contributed by atoms with Crippen LogP contribution >= 0.6 is 23.2 Å². The van der Waals surface area contributed by atoms with Crippen molar-refractivity contribution in [2.75, 3.05) is 6.61 Å². The number of aliphatic hydroxyl groups is 1. The number of halogens is 2. The molecule has 2 heterocycles. The average molecular weight is 794 g/mol. The van der Waals surface area contributed by atoms with Crippen molar-refractivity contribution >= 4 is 46.9 Å². The maximum Gasteiger partial charge on any atom is 0.338 e. The van der Waals surface area contributed by atoms with Gasteiger partial charge in [0.25, 0.3) is 0 Å². The number of epoxide rings is 1. The summed E-state index contributed by atoms with van der Waals surface area (Å²) in [4.78, 5) is 53.9. The number of cyclic esters (lactones) is 1. The molecule has 0 aromatic heterocycles. The maximum absolute atomic E-state index is 14.2. The first kappa shape index (κ1) is 38.3. The largest absolute Gasteiger partial charge is 0.458 e. The van der Waals surface area contributed by atoms with E-state index in [-0.39, 0.29) is 53.5 Å². The highest BCUT2D eigenvalue weighted by molar-refractivity contribution is 6.30. The third-order valence-corrected chi connectivity index (χ3v) is 14.5. The molecule has 55 heavy (non-hydrogen) atoms. The Kier molecular flexibility index (Phi) is 9.85. The Hall–Kier alpha value is -3.54. The third kappa shape index (κ3) is 6.18. The zero-order chi connectivity index (χ0) is 39.0. The van der Waals surface area contributed by atoms with Crippen LogP contribution in [0.25, 0.3) is 0 Å². The molecule has 1 saturated heterocycles. The molecule has 3 saturated carbocycles. The predicted molar refractivity (Wildman–Crippen MR) is 201 cm³/mol. The van der Waals surface area contributed by atoms with E-state index in [4.69, 9.17) is 46.9 Å². The number of esters is 3. The van der Waals surface area contributed by atoms with Gasteiger partial charge in [0.15, 0.2) is 18.0 Å². The molecule has 10 nitrogen and oxygen atoms in total. The first-order chi connectivity index (χ1) is 26.2. The Morgan fingerprint density at radius 1 is 1.00 bits per heavy atom. The van der Waals surface area contributed by atoms with Gasteiger partial charge in [0.2, 0.25) is 11.4 Å². The highest BCUT2D eigenvalue weighted by Gasteiger charge is 2.85. The molecule has 0 radical (unpaired) electrons. The molecule has 2 aliphatic heterocycles. The maximum atomic E-state index is 14.2. The van der Waals surface area contributed by atoms with Crippen molar-refractivity contribution < 1.29 is 48.0 Å². The lowest BCUT2D eigenvalue weighted by Gasteiger charge is -2.58. The molecule has 1 N–H and O–H groups in total. The first-order valence-electron chi connectivity index (χ1n) is 19.2. The van der Waals surface area contributed by atoms with E-state index in [1.165, 1.54) is 13.0 Å². The average Bonchev–Trinajstić information content (AvgIpc) is 3.77. The minimum absolute atomic E-state index is 0.0188. The van der Waals surface area contributed by atoms with Crippen LogP contribution < -0.4 is 0 Å². The lowest BCUT2D eigenvalue weighted by molar-refractivity contribution is -0.205. The van der Waals surface area contributed by atoms with Gasteiger partial charge in [-0.15, -0.1) is 0 Å². The van der Waals surface area contributed by atoms with Gasteiger partial charge < -0.3 is 28.8 Å². The fraction of sp³-hybridized carbons (Fsp3) is 0.535. The standard InChI is InChI=1S/C43H46Cl2O10/c1-22-19-34(52-40(50)30(22)21-51-38(48)25-5-9-27(44)10-6-25)23(2)31-13-14-32-29-20-37-43(55-37)36(53-39(49)26-7-11-28(45)12-8-26)16-15-35(47)42(43,54-24(3)46)33(29)17-18-41(31,32)4/h5-12,15-16,23,29,31-34,36-38,48H,13-14,17-21H2,1-4H3. The van der Waals surface area contributed by atoms with E-state index in [9.17, 15) is 24.3 Å². The van der Waals surface area contributed by atoms with Gasteiger partial charge in [-0.3, -0.25) is 9.59 Å². The summed E-state index contributed by atoms with van der Waals surface area (Å²) >= 11 is 12.0. The Bertz CT molecular complexity index is 1960. The lowest BCUT2D eigenvalue weighted by atomic mass is 9.47. The minimum atomic E-state index is -1.63. The molecule has 0 bridgehead atoms. The quantitative estimate of drug-likeness (QED) is 0.117. The highest BCUT2D eigenvalue weighted by atomic mass is 35.5. The normalized spacial score (nSPS) is 37.1. The Labute approximate surface area is 330 Å². The molecular weight excluding hydrogens is 747 g/mol. The van der Waals surface area contributed by atoms with E-state index >= 15 is 0 Å². The van der Waals surface area contributed by atoms with E-state index in [0.717, 1.165) is 24.8 Å². The second-order valence-electron chi connectivity index (χ2n) is 16.6. The summed E-state index contributed by atoms with van der Waals surface area (Å²) in [6, 6.07) is 13.1. The summed E-state index contributed by atoms with van der Waals surface area (Å²) in [6.45, 7) is 7.66. The molecule has 4 aliphatic carbocycles. The molecule has 0 amide bonds. The number of carbonyl (C=O) groups is 4. The number of benzene rings is 2. The molecule has 8 rings (SSSR count). The number of aliphatic hydroxyl groups excluding tert-OH is 1. The van der Waals surface area contributed by atoms with E-state index in [1.807, 2.05) is 6.92 Å². The number of ketones is 1. The molecule has 6 aliphatic rings. The van der Waals surface area contributed by atoms with E-state index < -0.39 is 47.6 Å². The smallest absolute Gasteiger partial charge is 0.338 e. The van der Waals surface area contributed by atoms with E-state index in [1.54, 1.807) is 54.6 Å². The monoisotopic (exact) mass is 792 g/mol. The molecule has 292 valence electrons. The number of hydrogen-bond donors (Lipinski definition) is 1. The summed E-state index contributed by atoms with van der Waals surface area (Å²) in [6.07, 6.45) is 4.50. The van der Waals surface area contributed by atoms with Crippen LogP contribution in [-0.2, 0) is 38.1 Å². The molecule has 4 fully saturated rings. The van der Waals surface area contributed by atoms with Gasteiger partial charge in [-0.25, -0.2) is 9.59 Å². The molecule has 12 atom stereocenters. The van der Waals surface area contributed by atoms with Gasteiger partial charge in [0.1, 0.15) is 6.10 Å². The number of hydrogen-bond acceptors (Lipinski definition) is 10. The van der Waals surface area contributed by atoms with Crippen molar-refractivity contribution in [1.82, 2.24) is 0 Å². The van der Waals surface area contributed by atoms with Gasteiger partial charge in [-0.05, 0) is 117 Å². The second kappa shape index (κ2) is 14.1. The third-order valence-electron chi connectivity index (χ3n) is 14.0. The summed E-state index contributed by atoms with van der Waals surface area (Å²) in [7, 11) is 0. The summed E-state index contributed by atoms with van der Waals surface area (Å²) < 4.78 is 30.6. The SMILES string of the molecule is CC(=O)OC12C(=O)C=CC(OC(=O)c3ccc(Cl)cc3)C13OC3CC1C3CCC(C(C)C4CC(C)=C(COC(O)c5ccc(Cl)cc5)C(=O)O4)C3(C)CCC12.